The first-order valence-electron chi connectivity index (χ1n) is 6.81. The zero-order valence-electron chi connectivity index (χ0n) is 12.4. The number of aryl methyl sites for hydroxylation is 2. The van der Waals surface area contributed by atoms with Gasteiger partial charge in [-0.2, -0.15) is 0 Å². The number of benzene rings is 2. The number of carbonyl (C=O) groups excluding carboxylic acids is 1. The van der Waals surface area contributed by atoms with Gasteiger partial charge in [0.1, 0.15) is 5.82 Å². The predicted molar refractivity (Wildman–Crippen MR) is 90.2 cm³/mol. The molecule has 0 saturated heterocycles. The lowest BCUT2D eigenvalue weighted by Crippen LogP contribution is -2.19. The maximum Gasteiger partial charge on any atom is 0.328 e. The van der Waals surface area contributed by atoms with Gasteiger partial charge in [-0.25, -0.2) is 9.18 Å². The van der Waals surface area contributed by atoms with E-state index in [4.69, 9.17) is 0 Å². The molecule has 23 heavy (non-hydrogen) atoms. The Morgan fingerprint density at radius 3 is 2.39 bits per heavy atom. The third-order valence-corrected chi connectivity index (χ3v) is 4.38. The number of nitrogens with one attached hydrogen (secondary N) is 1. The van der Waals surface area contributed by atoms with E-state index in [1.807, 2.05) is 0 Å². The first-order chi connectivity index (χ1) is 10.9. The number of halogens is 2. The number of aromatic nitrogens is 2. The van der Waals surface area contributed by atoms with E-state index >= 15 is 0 Å². The summed E-state index contributed by atoms with van der Waals surface area (Å²) >= 11 is 3.37. The van der Waals surface area contributed by atoms with Crippen molar-refractivity contribution in [2.24, 2.45) is 14.1 Å². The molecule has 0 radical (unpaired) electrons. The number of amides is 1. The van der Waals surface area contributed by atoms with Crippen LogP contribution in [0.1, 0.15) is 10.4 Å². The second-order valence-electron chi connectivity index (χ2n) is 5.16. The lowest BCUT2D eigenvalue weighted by molar-refractivity contribution is 0.102. The number of anilines is 1. The lowest BCUT2D eigenvalue weighted by Gasteiger charge is -2.09. The minimum Gasteiger partial charge on any atom is -0.321 e. The Bertz CT molecular complexity index is 991. The van der Waals surface area contributed by atoms with Gasteiger partial charge < -0.3 is 5.32 Å². The highest BCUT2D eigenvalue weighted by atomic mass is 79.9. The van der Waals surface area contributed by atoms with Gasteiger partial charge in [0.25, 0.3) is 5.91 Å². The molecule has 7 heteroatoms. The molecule has 0 aliphatic rings. The number of nitrogens with zero attached hydrogens (tertiary/aromatic N) is 2. The molecule has 118 valence electrons. The number of hydrogen-bond acceptors (Lipinski definition) is 2. The highest BCUT2D eigenvalue weighted by Crippen LogP contribution is 2.28. The molecular weight excluding hydrogens is 365 g/mol. The Balaban J connectivity index is 2.05. The van der Waals surface area contributed by atoms with E-state index in [2.05, 4.69) is 21.2 Å². The molecule has 0 aliphatic heterocycles. The van der Waals surface area contributed by atoms with Crippen molar-refractivity contribution in [2.45, 2.75) is 0 Å². The van der Waals surface area contributed by atoms with Gasteiger partial charge in [-0.3, -0.25) is 13.9 Å². The predicted octanol–water partition coefficient (Wildman–Crippen LogP) is 3.03. The fourth-order valence-electron chi connectivity index (χ4n) is 2.45. The van der Waals surface area contributed by atoms with Crippen molar-refractivity contribution in [1.82, 2.24) is 9.13 Å². The third kappa shape index (κ3) is 2.57. The van der Waals surface area contributed by atoms with E-state index in [1.54, 1.807) is 32.3 Å². The van der Waals surface area contributed by atoms with E-state index in [0.717, 1.165) is 5.52 Å². The normalized spacial score (nSPS) is 11.0. The monoisotopic (exact) mass is 377 g/mol. The van der Waals surface area contributed by atoms with Crippen LogP contribution in [0, 0.1) is 5.82 Å². The summed E-state index contributed by atoms with van der Waals surface area (Å²) in [5.41, 5.74) is 1.66. The number of fused-ring (bicyclic) bond motifs is 1. The zero-order valence-corrected chi connectivity index (χ0v) is 14.0. The Kier molecular flexibility index (Phi) is 3.81. The van der Waals surface area contributed by atoms with Crippen LogP contribution in [-0.2, 0) is 14.1 Å². The van der Waals surface area contributed by atoms with Crippen LogP contribution < -0.4 is 11.0 Å². The van der Waals surface area contributed by atoms with Gasteiger partial charge in [0.2, 0.25) is 0 Å². The van der Waals surface area contributed by atoms with E-state index in [9.17, 15) is 14.0 Å². The highest BCUT2D eigenvalue weighted by molar-refractivity contribution is 9.10. The van der Waals surface area contributed by atoms with Gasteiger partial charge in [0.15, 0.2) is 0 Å². The SMILES string of the molecule is Cn1c(=O)n(C)c2cc(NC(=O)c3ccccc3F)c(Br)cc21. The first kappa shape index (κ1) is 15.5. The summed E-state index contributed by atoms with van der Waals surface area (Å²) in [5.74, 6) is -1.14. The Morgan fingerprint density at radius 2 is 1.74 bits per heavy atom. The van der Waals surface area contributed by atoms with Gasteiger partial charge in [-0.1, -0.05) is 12.1 Å². The summed E-state index contributed by atoms with van der Waals surface area (Å²) in [4.78, 5) is 24.2. The summed E-state index contributed by atoms with van der Waals surface area (Å²) in [6, 6.07) is 9.18. The maximum absolute atomic E-state index is 13.7. The fourth-order valence-corrected chi connectivity index (χ4v) is 2.88. The smallest absolute Gasteiger partial charge is 0.321 e. The Labute approximate surface area is 139 Å². The summed E-state index contributed by atoms with van der Waals surface area (Å²) in [6.45, 7) is 0. The standard InChI is InChI=1S/C16H13BrFN3O2/c1-20-13-7-10(17)12(8-14(13)21(2)16(20)23)19-15(22)9-5-3-4-6-11(9)18/h3-8H,1-2H3,(H,19,22). The molecule has 1 heterocycles. The first-order valence-corrected chi connectivity index (χ1v) is 7.60. The zero-order chi connectivity index (χ0) is 16.7. The molecule has 3 aromatic rings. The van der Waals surface area contributed by atoms with Gasteiger partial charge in [-0.05, 0) is 40.2 Å². The van der Waals surface area contributed by atoms with Gasteiger partial charge >= 0.3 is 5.69 Å². The molecule has 1 N–H and O–H groups in total. The van der Waals surface area contributed by atoms with E-state index in [1.165, 1.54) is 27.3 Å². The molecule has 0 spiro atoms. The van der Waals surface area contributed by atoms with Crippen LogP contribution in [0.2, 0.25) is 0 Å². The van der Waals surface area contributed by atoms with Gasteiger partial charge in [0, 0.05) is 18.6 Å². The quantitative estimate of drug-likeness (QED) is 0.746. The van der Waals surface area contributed by atoms with E-state index < -0.39 is 11.7 Å². The third-order valence-electron chi connectivity index (χ3n) is 3.73. The number of imidazole rings is 1. The van der Waals surface area contributed by atoms with Crippen LogP contribution >= 0.6 is 15.9 Å². The fraction of sp³-hybridized carbons (Fsp3) is 0.125. The van der Waals surface area contributed by atoms with Crippen LogP contribution in [0.4, 0.5) is 10.1 Å². The summed E-state index contributed by atoms with van der Waals surface area (Å²) in [7, 11) is 3.33. The molecule has 0 fully saturated rings. The number of carbonyl (C=O) groups is 1. The molecule has 0 atom stereocenters. The van der Waals surface area contributed by atoms with Crippen molar-refractivity contribution in [1.29, 1.82) is 0 Å². The average Bonchev–Trinajstić information content (AvgIpc) is 2.73. The second kappa shape index (κ2) is 5.66. The maximum atomic E-state index is 13.7. The minimum atomic E-state index is -0.589. The van der Waals surface area contributed by atoms with Crippen molar-refractivity contribution >= 4 is 38.6 Å². The van der Waals surface area contributed by atoms with Crippen LogP contribution in [0.5, 0.6) is 0 Å². The Hall–Kier alpha value is -2.41. The van der Waals surface area contributed by atoms with Gasteiger partial charge in [-0.15, -0.1) is 0 Å². The van der Waals surface area contributed by atoms with Crippen molar-refractivity contribution in [3.63, 3.8) is 0 Å². The lowest BCUT2D eigenvalue weighted by atomic mass is 10.2. The molecule has 5 nitrogen and oxygen atoms in total. The van der Waals surface area contributed by atoms with Crippen molar-refractivity contribution in [3.8, 4) is 0 Å². The molecule has 0 unspecified atom stereocenters. The second-order valence-corrected chi connectivity index (χ2v) is 6.01. The minimum absolute atomic E-state index is 0.0403. The van der Waals surface area contributed by atoms with Crippen LogP contribution in [0.3, 0.4) is 0 Å². The average molecular weight is 378 g/mol. The van der Waals surface area contributed by atoms with Crippen LogP contribution in [0.25, 0.3) is 11.0 Å². The summed E-state index contributed by atoms with van der Waals surface area (Å²) in [6.07, 6.45) is 0. The molecule has 2 aromatic carbocycles. The van der Waals surface area contributed by atoms with Crippen molar-refractivity contribution in [3.05, 3.63) is 62.7 Å². The van der Waals surface area contributed by atoms with E-state index in [0.29, 0.717) is 15.7 Å². The molecular formula is C16H13BrFN3O2. The molecule has 0 aliphatic carbocycles. The molecule has 1 aromatic heterocycles. The largest absolute Gasteiger partial charge is 0.328 e. The Morgan fingerprint density at radius 1 is 1.13 bits per heavy atom. The van der Waals surface area contributed by atoms with Gasteiger partial charge in [0.05, 0.1) is 22.3 Å². The van der Waals surface area contributed by atoms with Crippen molar-refractivity contribution < 1.29 is 9.18 Å². The molecule has 1 amide bonds. The van der Waals surface area contributed by atoms with Crippen LogP contribution in [-0.4, -0.2) is 15.0 Å². The number of hydrogen-bond donors (Lipinski definition) is 1. The highest BCUT2D eigenvalue weighted by Gasteiger charge is 2.15. The van der Waals surface area contributed by atoms with E-state index in [-0.39, 0.29) is 11.3 Å². The van der Waals surface area contributed by atoms with Crippen LogP contribution in [0.15, 0.2) is 45.7 Å². The molecule has 0 bridgehead atoms. The summed E-state index contributed by atoms with van der Waals surface area (Å²) in [5, 5.41) is 2.66. The molecule has 0 saturated carbocycles. The van der Waals surface area contributed by atoms with Crippen molar-refractivity contribution in [2.75, 3.05) is 5.32 Å². The summed E-state index contributed by atoms with van der Waals surface area (Å²) < 4.78 is 17.3. The topological polar surface area (TPSA) is 56.0 Å². The number of rotatable bonds is 2. The molecule has 3 rings (SSSR count).